The second-order valence-corrected chi connectivity index (χ2v) is 8.36. The molecule has 3 N–H and O–H groups in total. The van der Waals surface area contributed by atoms with E-state index in [1.807, 2.05) is 46.8 Å². The van der Waals surface area contributed by atoms with Crippen LogP contribution in [0.3, 0.4) is 0 Å². The number of allylic oxidation sites excluding steroid dienone is 3. The van der Waals surface area contributed by atoms with Gasteiger partial charge in [0.25, 0.3) is 5.56 Å². The summed E-state index contributed by atoms with van der Waals surface area (Å²) < 4.78 is 1.13. The van der Waals surface area contributed by atoms with Crippen molar-refractivity contribution in [2.75, 3.05) is 5.73 Å². The number of nitrogens with zero attached hydrogens (tertiary/aromatic N) is 4. The molecule has 0 radical (unpaired) electrons. The SMILES string of the molecule is CC/C=C/C(C)=C\N=C(C)NC(=O)Cn1nc(C(C)C)c(N)c(C=NC(C)C)c1=O.CCC. The van der Waals surface area contributed by atoms with Gasteiger partial charge in [0.1, 0.15) is 12.4 Å². The van der Waals surface area contributed by atoms with Crippen molar-refractivity contribution in [2.45, 2.75) is 93.7 Å². The number of aliphatic imine (C=N–C) groups is 2. The molecule has 0 aromatic carbocycles. The first-order valence-corrected chi connectivity index (χ1v) is 11.6. The Kier molecular flexibility index (Phi) is 14.3. The number of nitrogens with one attached hydrogen (secondary N) is 1. The van der Waals surface area contributed by atoms with Crippen LogP contribution in [0, 0.1) is 0 Å². The monoisotopic (exact) mass is 458 g/mol. The molecule has 1 rings (SSSR count). The van der Waals surface area contributed by atoms with E-state index >= 15 is 0 Å². The fraction of sp³-hybridized carbons (Fsp3) is 0.560. The predicted octanol–water partition coefficient (Wildman–Crippen LogP) is 4.60. The van der Waals surface area contributed by atoms with Gasteiger partial charge >= 0.3 is 0 Å². The highest BCUT2D eigenvalue weighted by Gasteiger charge is 2.18. The van der Waals surface area contributed by atoms with Crippen molar-refractivity contribution in [2.24, 2.45) is 9.98 Å². The highest BCUT2D eigenvalue weighted by molar-refractivity contribution is 5.97. The van der Waals surface area contributed by atoms with Gasteiger partial charge in [0.05, 0.1) is 16.9 Å². The molecule has 0 atom stereocenters. The van der Waals surface area contributed by atoms with Crippen molar-refractivity contribution in [1.29, 1.82) is 0 Å². The molecule has 0 aliphatic carbocycles. The van der Waals surface area contributed by atoms with Crippen molar-refractivity contribution in [3.8, 4) is 0 Å². The van der Waals surface area contributed by atoms with Crippen LogP contribution in [-0.4, -0.2) is 33.8 Å². The zero-order chi connectivity index (χ0) is 25.6. The number of carbonyl (C=O) groups excluding carboxylic acids is 1. The van der Waals surface area contributed by atoms with Gasteiger partial charge in [-0.2, -0.15) is 5.10 Å². The van der Waals surface area contributed by atoms with Crippen LogP contribution in [0.15, 0.2) is 38.7 Å². The molecule has 1 heterocycles. The maximum atomic E-state index is 12.8. The number of carbonyl (C=O) groups is 1. The second kappa shape index (κ2) is 15.7. The molecule has 184 valence electrons. The molecular weight excluding hydrogens is 416 g/mol. The van der Waals surface area contributed by atoms with E-state index in [-0.39, 0.29) is 24.1 Å². The fourth-order valence-electron chi connectivity index (χ4n) is 2.46. The van der Waals surface area contributed by atoms with Crippen LogP contribution in [0.2, 0.25) is 0 Å². The van der Waals surface area contributed by atoms with E-state index < -0.39 is 11.5 Å². The first-order chi connectivity index (χ1) is 15.5. The number of rotatable bonds is 8. The summed E-state index contributed by atoms with van der Waals surface area (Å²) in [6.07, 6.45) is 9.32. The van der Waals surface area contributed by atoms with Crippen LogP contribution in [0.1, 0.15) is 92.3 Å². The smallest absolute Gasteiger partial charge is 0.278 e. The summed E-state index contributed by atoms with van der Waals surface area (Å²) in [5.41, 5.74) is 7.78. The van der Waals surface area contributed by atoms with Crippen LogP contribution in [0.4, 0.5) is 5.69 Å². The van der Waals surface area contributed by atoms with E-state index in [1.54, 1.807) is 13.1 Å². The predicted molar refractivity (Wildman–Crippen MR) is 140 cm³/mol. The van der Waals surface area contributed by atoms with Gasteiger partial charge in [-0.1, -0.05) is 53.2 Å². The lowest BCUT2D eigenvalue weighted by Gasteiger charge is -2.14. The average Bonchev–Trinajstić information content (AvgIpc) is 2.72. The molecule has 0 aliphatic rings. The molecule has 0 fully saturated rings. The molecule has 0 saturated carbocycles. The van der Waals surface area contributed by atoms with E-state index in [9.17, 15) is 9.59 Å². The summed E-state index contributed by atoms with van der Waals surface area (Å²) in [5.74, 6) is 0.0179. The molecule has 33 heavy (non-hydrogen) atoms. The quantitative estimate of drug-likeness (QED) is 0.336. The number of hydrogen-bond donors (Lipinski definition) is 2. The molecule has 8 nitrogen and oxygen atoms in total. The summed E-state index contributed by atoms with van der Waals surface area (Å²) in [7, 11) is 0. The highest BCUT2D eigenvalue weighted by atomic mass is 16.2. The molecule has 1 amide bonds. The Morgan fingerprint density at radius 1 is 1.18 bits per heavy atom. The molecule has 0 bridgehead atoms. The lowest BCUT2D eigenvalue weighted by atomic mass is 10.1. The first-order valence-electron chi connectivity index (χ1n) is 11.6. The minimum Gasteiger partial charge on any atom is -0.396 e. The van der Waals surface area contributed by atoms with E-state index in [0.29, 0.717) is 17.2 Å². The van der Waals surface area contributed by atoms with E-state index in [1.165, 1.54) is 12.6 Å². The van der Waals surface area contributed by atoms with Gasteiger partial charge in [0.2, 0.25) is 5.91 Å². The van der Waals surface area contributed by atoms with Gasteiger partial charge in [0.15, 0.2) is 0 Å². The lowest BCUT2D eigenvalue weighted by Crippen LogP contribution is -2.38. The van der Waals surface area contributed by atoms with Gasteiger partial charge < -0.3 is 11.1 Å². The number of hydrogen-bond acceptors (Lipinski definition) is 6. The van der Waals surface area contributed by atoms with E-state index in [0.717, 1.165) is 16.7 Å². The average molecular weight is 459 g/mol. The molecule has 1 aromatic rings. The van der Waals surface area contributed by atoms with Crippen LogP contribution in [0.5, 0.6) is 0 Å². The van der Waals surface area contributed by atoms with Crippen molar-refractivity contribution in [3.63, 3.8) is 0 Å². The number of nitrogen functional groups attached to an aromatic ring is 1. The van der Waals surface area contributed by atoms with Crippen LogP contribution >= 0.6 is 0 Å². The highest BCUT2D eigenvalue weighted by Crippen LogP contribution is 2.19. The van der Waals surface area contributed by atoms with Gasteiger partial charge in [0, 0.05) is 18.5 Å². The summed E-state index contributed by atoms with van der Waals surface area (Å²) >= 11 is 0. The molecule has 1 aromatic heterocycles. The van der Waals surface area contributed by atoms with Crippen LogP contribution in [-0.2, 0) is 11.3 Å². The Morgan fingerprint density at radius 3 is 2.30 bits per heavy atom. The van der Waals surface area contributed by atoms with Crippen molar-refractivity contribution in [3.05, 3.63) is 45.5 Å². The third kappa shape index (κ3) is 11.4. The maximum absolute atomic E-state index is 12.8. The molecule has 0 saturated heterocycles. The molecule has 0 unspecified atom stereocenters. The number of amidine groups is 1. The largest absolute Gasteiger partial charge is 0.396 e. The summed E-state index contributed by atoms with van der Waals surface area (Å²) in [5, 5.41) is 6.99. The Balaban J connectivity index is 0.00000322. The van der Waals surface area contributed by atoms with Crippen molar-refractivity contribution in [1.82, 2.24) is 15.1 Å². The number of anilines is 1. The minimum atomic E-state index is -0.452. The van der Waals surface area contributed by atoms with Gasteiger partial charge in [-0.05, 0) is 45.6 Å². The minimum absolute atomic E-state index is 0.0127. The standard InChI is InChI=1S/C22H34N6O2.C3H8/c1-8-9-10-16(6)11-25-17(7)26-19(29)13-28-22(30)18(12-24-15(4)5)20(23)21(27-28)14(2)3;1-3-2/h9-12,14-15H,8,13,23H2,1-7H3,(H,25,26,29);3H2,1-2H3/b10-9+,16-11-,24-12?;. The zero-order valence-electron chi connectivity index (χ0n) is 21.8. The molecule has 0 spiro atoms. The Morgan fingerprint density at radius 2 is 1.79 bits per heavy atom. The number of aromatic nitrogens is 2. The summed E-state index contributed by atoms with van der Waals surface area (Å²) in [6, 6.07) is 0.0127. The summed E-state index contributed by atoms with van der Waals surface area (Å²) in [4.78, 5) is 33.8. The van der Waals surface area contributed by atoms with Gasteiger partial charge in [-0.25, -0.2) is 9.67 Å². The zero-order valence-corrected chi connectivity index (χ0v) is 21.8. The number of nitrogens with two attached hydrogens (primary N) is 1. The van der Waals surface area contributed by atoms with Gasteiger partial charge in [-0.15, -0.1) is 0 Å². The van der Waals surface area contributed by atoms with Crippen LogP contribution in [0.25, 0.3) is 0 Å². The van der Waals surface area contributed by atoms with E-state index in [4.69, 9.17) is 5.73 Å². The first kappa shape index (κ1) is 30.0. The maximum Gasteiger partial charge on any atom is 0.278 e. The molecule has 0 aliphatic heterocycles. The fourth-order valence-corrected chi connectivity index (χ4v) is 2.46. The van der Waals surface area contributed by atoms with Crippen molar-refractivity contribution < 1.29 is 4.79 Å². The Bertz CT molecular complexity index is 937. The topological polar surface area (TPSA) is 115 Å². The lowest BCUT2D eigenvalue weighted by molar-refractivity contribution is -0.120. The van der Waals surface area contributed by atoms with E-state index in [2.05, 4.69) is 41.2 Å². The molecular formula is C25H42N6O2. The number of amides is 1. The Hall–Kier alpha value is -3.03. The molecule has 8 heteroatoms. The Labute approximate surface area is 198 Å². The summed E-state index contributed by atoms with van der Waals surface area (Å²) in [6.45, 7) is 17.3. The third-order valence-corrected chi connectivity index (χ3v) is 4.00. The normalized spacial score (nSPS) is 12.6. The second-order valence-electron chi connectivity index (χ2n) is 8.36. The van der Waals surface area contributed by atoms with Crippen LogP contribution < -0.4 is 16.6 Å². The van der Waals surface area contributed by atoms with Gasteiger partial charge in [-0.3, -0.25) is 14.6 Å². The van der Waals surface area contributed by atoms with Crippen molar-refractivity contribution >= 4 is 23.6 Å². The third-order valence-electron chi connectivity index (χ3n) is 4.00.